The van der Waals surface area contributed by atoms with Crippen LogP contribution in [0.1, 0.15) is 24.0 Å². The normalized spacial score (nSPS) is 10.5. The van der Waals surface area contributed by atoms with E-state index in [0.29, 0.717) is 13.2 Å². The van der Waals surface area contributed by atoms with E-state index in [9.17, 15) is 9.59 Å². The topological polar surface area (TPSA) is 79.7 Å². The van der Waals surface area contributed by atoms with Crippen molar-refractivity contribution in [3.8, 4) is 0 Å². The van der Waals surface area contributed by atoms with E-state index >= 15 is 0 Å². The summed E-state index contributed by atoms with van der Waals surface area (Å²) >= 11 is 1.54. The number of carbonyl (C=O) groups is 2. The number of carboxylic acids is 1. The van der Waals surface area contributed by atoms with Crippen molar-refractivity contribution in [1.29, 1.82) is 0 Å². The van der Waals surface area contributed by atoms with Gasteiger partial charge >= 0.3 is 5.97 Å². The number of carbonyl (C=O) groups excluding carboxylic acids is 1. The molecule has 0 bridgehead atoms. The first kappa shape index (κ1) is 16.6. The number of carboxylic acid groups (broad SMARTS) is 1. The lowest BCUT2D eigenvalue weighted by Gasteiger charge is -2.21. The molecule has 0 radical (unpaired) electrons. The van der Waals surface area contributed by atoms with Gasteiger partial charge in [0.2, 0.25) is 5.91 Å². The molecule has 0 fully saturated rings. The van der Waals surface area contributed by atoms with Crippen molar-refractivity contribution in [3.05, 3.63) is 16.1 Å². The Hall–Kier alpha value is -1.47. The number of hydrogen-bond acceptors (Lipinski definition) is 5. The molecule has 1 aromatic rings. The maximum atomic E-state index is 12.2. The molecule has 1 aromatic heterocycles. The van der Waals surface area contributed by atoms with E-state index in [1.165, 1.54) is 16.2 Å². The van der Waals surface area contributed by atoms with Gasteiger partial charge in [-0.15, -0.1) is 11.3 Å². The van der Waals surface area contributed by atoms with Gasteiger partial charge in [0.15, 0.2) is 0 Å². The molecule has 0 spiro atoms. The molecular weight excluding hydrogens is 280 g/mol. The van der Waals surface area contributed by atoms with Gasteiger partial charge in [-0.1, -0.05) is 6.92 Å². The second kappa shape index (κ2) is 8.65. The molecular formula is C13H20N2O4S. The molecule has 1 N–H and O–H groups in total. The molecule has 1 amide bonds. The van der Waals surface area contributed by atoms with E-state index < -0.39 is 5.97 Å². The Morgan fingerprint density at radius 2 is 2.20 bits per heavy atom. The molecule has 0 saturated heterocycles. The summed E-state index contributed by atoms with van der Waals surface area (Å²) in [5, 5.41) is 11.6. The van der Waals surface area contributed by atoms with Gasteiger partial charge in [0.1, 0.15) is 0 Å². The summed E-state index contributed by atoms with van der Waals surface area (Å²) in [5.74, 6) is -1.03. The van der Waals surface area contributed by atoms with E-state index in [2.05, 4.69) is 4.98 Å². The average molecular weight is 300 g/mol. The molecule has 1 rings (SSSR count). The van der Waals surface area contributed by atoms with Crippen LogP contribution in [0.3, 0.4) is 0 Å². The highest BCUT2D eigenvalue weighted by molar-refractivity contribution is 7.09. The second-order valence-electron chi connectivity index (χ2n) is 4.28. The fraction of sp³-hybridized carbons (Fsp3) is 0.615. The lowest BCUT2D eigenvalue weighted by atomic mass is 10.2. The van der Waals surface area contributed by atoms with Crippen LogP contribution in [0.4, 0.5) is 0 Å². The third-order valence-electron chi connectivity index (χ3n) is 2.75. The zero-order chi connectivity index (χ0) is 15.0. The smallest absolute Gasteiger partial charge is 0.305 e. The van der Waals surface area contributed by atoms with E-state index in [0.717, 1.165) is 17.1 Å². The summed E-state index contributed by atoms with van der Waals surface area (Å²) in [4.78, 5) is 28.7. The number of hydrogen-bond donors (Lipinski definition) is 1. The minimum absolute atomic E-state index is 0.0628. The molecule has 0 saturated carbocycles. The van der Waals surface area contributed by atoms with Crippen LogP contribution in [0, 0.1) is 0 Å². The maximum absolute atomic E-state index is 12.2. The highest BCUT2D eigenvalue weighted by Crippen LogP contribution is 2.11. The predicted molar refractivity (Wildman–Crippen MR) is 75.9 cm³/mol. The highest BCUT2D eigenvalue weighted by atomic mass is 32.1. The number of amides is 1. The first-order chi connectivity index (χ1) is 9.56. The number of nitrogens with zero attached hydrogens (tertiary/aromatic N) is 2. The Bertz CT molecular complexity index is 447. The molecule has 0 aromatic carbocycles. The van der Waals surface area contributed by atoms with Gasteiger partial charge < -0.3 is 14.7 Å². The Labute approximate surface area is 122 Å². The number of rotatable bonds is 9. The van der Waals surface area contributed by atoms with E-state index in [1.807, 2.05) is 12.3 Å². The van der Waals surface area contributed by atoms with Gasteiger partial charge in [-0.2, -0.15) is 0 Å². The number of ether oxygens (including phenoxy) is 1. The van der Waals surface area contributed by atoms with Gasteiger partial charge in [0, 0.05) is 25.6 Å². The van der Waals surface area contributed by atoms with Crippen molar-refractivity contribution in [2.24, 2.45) is 0 Å². The highest BCUT2D eigenvalue weighted by Gasteiger charge is 2.16. The molecule has 6 nitrogen and oxygen atoms in total. The SMILES string of the molecule is CCc1nc(CC(=O)N(CCOC)CCC(=O)O)cs1. The largest absolute Gasteiger partial charge is 0.481 e. The molecule has 20 heavy (non-hydrogen) atoms. The monoisotopic (exact) mass is 300 g/mol. The van der Waals surface area contributed by atoms with Gasteiger partial charge in [0.25, 0.3) is 0 Å². The number of aromatic nitrogens is 1. The Balaban J connectivity index is 2.58. The summed E-state index contributed by atoms with van der Waals surface area (Å²) in [6, 6.07) is 0. The second-order valence-corrected chi connectivity index (χ2v) is 5.22. The maximum Gasteiger partial charge on any atom is 0.305 e. The van der Waals surface area contributed by atoms with Crippen molar-refractivity contribution in [1.82, 2.24) is 9.88 Å². The van der Waals surface area contributed by atoms with Crippen LogP contribution in [0.15, 0.2) is 5.38 Å². The van der Waals surface area contributed by atoms with Crippen LogP contribution in [0.25, 0.3) is 0 Å². The molecule has 0 atom stereocenters. The first-order valence-electron chi connectivity index (χ1n) is 6.48. The predicted octanol–water partition coefficient (Wildman–Crippen LogP) is 1.20. The molecule has 7 heteroatoms. The molecule has 0 aliphatic carbocycles. The van der Waals surface area contributed by atoms with Crippen molar-refractivity contribution in [3.63, 3.8) is 0 Å². The van der Waals surface area contributed by atoms with E-state index in [-0.39, 0.29) is 25.3 Å². The quantitative estimate of drug-likeness (QED) is 0.741. The molecule has 0 unspecified atom stereocenters. The lowest BCUT2D eigenvalue weighted by Crippen LogP contribution is -2.36. The fourth-order valence-electron chi connectivity index (χ4n) is 1.65. The Kier molecular flexibility index (Phi) is 7.17. The van der Waals surface area contributed by atoms with Crippen LogP contribution < -0.4 is 0 Å². The zero-order valence-electron chi connectivity index (χ0n) is 11.8. The zero-order valence-corrected chi connectivity index (χ0v) is 12.6. The number of aryl methyl sites for hydroxylation is 1. The minimum Gasteiger partial charge on any atom is -0.481 e. The summed E-state index contributed by atoms with van der Waals surface area (Å²) in [7, 11) is 1.55. The fourth-order valence-corrected chi connectivity index (χ4v) is 2.40. The van der Waals surface area contributed by atoms with Crippen molar-refractivity contribution < 1.29 is 19.4 Å². The van der Waals surface area contributed by atoms with Gasteiger partial charge in [-0.05, 0) is 6.42 Å². The first-order valence-corrected chi connectivity index (χ1v) is 7.36. The van der Waals surface area contributed by atoms with Gasteiger partial charge in [-0.25, -0.2) is 4.98 Å². The van der Waals surface area contributed by atoms with E-state index in [4.69, 9.17) is 9.84 Å². The molecule has 0 aliphatic heterocycles. The summed E-state index contributed by atoms with van der Waals surface area (Å²) in [6.07, 6.45) is 0.998. The molecule has 1 heterocycles. The lowest BCUT2D eigenvalue weighted by molar-refractivity contribution is -0.138. The summed E-state index contributed by atoms with van der Waals surface area (Å²) in [6.45, 7) is 3.00. The van der Waals surface area contributed by atoms with Crippen molar-refractivity contribution in [2.75, 3.05) is 26.8 Å². The van der Waals surface area contributed by atoms with Crippen LogP contribution in [-0.2, 0) is 27.2 Å². The van der Waals surface area contributed by atoms with Crippen molar-refractivity contribution >= 4 is 23.2 Å². The minimum atomic E-state index is -0.915. The van der Waals surface area contributed by atoms with Crippen LogP contribution >= 0.6 is 11.3 Å². The Morgan fingerprint density at radius 3 is 2.75 bits per heavy atom. The average Bonchev–Trinajstić information content (AvgIpc) is 2.86. The third kappa shape index (κ3) is 5.66. The van der Waals surface area contributed by atoms with Gasteiger partial charge in [0.05, 0.1) is 30.2 Å². The standard InChI is InChI=1S/C13H20N2O4S/c1-3-11-14-10(9-20-11)8-12(16)15(6-7-19-2)5-4-13(17)18/h9H,3-8H2,1-2H3,(H,17,18). The van der Waals surface area contributed by atoms with Crippen LogP contribution in [0.2, 0.25) is 0 Å². The number of thiazole rings is 1. The Morgan fingerprint density at radius 1 is 1.45 bits per heavy atom. The summed E-state index contributed by atoms with van der Waals surface area (Å²) < 4.78 is 4.95. The van der Waals surface area contributed by atoms with Gasteiger partial charge in [-0.3, -0.25) is 9.59 Å². The number of aliphatic carboxylic acids is 1. The van der Waals surface area contributed by atoms with Crippen LogP contribution in [0.5, 0.6) is 0 Å². The molecule has 0 aliphatic rings. The van der Waals surface area contributed by atoms with Crippen molar-refractivity contribution in [2.45, 2.75) is 26.2 Å². The summed E-state index contributed by atoms with van der Waals surface area (Å²) in [5.41, 5.74) is 0.745. The molecule has 112 valence electrons. The van der Waals surface area contributed by atoms with Crippen LogP contribution in [-0.4, -0.2) is 53.7 Å². The number of methoxy groups -OCH3 is 1. The third-order valence-corrected chi connectivity index (χ3v) is 3.79. The van der Waals surface area contributed by atoms with E-state index in [1.54, 1.807) is 7.11 Å².